The van der Waals surface area contributed by atoms with Gasteiger partial charge in [0, 0.05) is 9.35 Å². The first kappa shape index (κ1) is 17.9. The predicted octanol–water partition coefficient (Wildman–Crippen LogP) is 3.81. The highest BCUT2D eigenvalue weighted by atomic mass is 79.9. The molecule has 1 aliphatic carbocycles. The van der Waals surface area contributed by atoms with Crippen molar-refractivity contribution in [1.82, 2.24) is 0 Å². The molecule has 1 aromatic carbocycles. The zero-order valence-electron chi connectivity index (χ0n) is 13.9. The minimum atomic E-state index is -0.487. The second-order valence-corrected chi connectivity index (χ2v) is 8.05. The van der Waals surface area contributed by atoms with Crippen LogP contribution in [-0.2, 0) is 17.6 Å². The molecule has 1 aliphatic rings. The smallest absolute Gasteiger partial charge is 0.262 e. The molecular weight excluding hydrogens is 404 g/mol. The van der Waals surface area contributed by atoms with Gasteiger partial charge in [-0.15, -0.1) is 11.3 Å². The van der Waals surface area contributed by atoms with Crippen LogP contribution in [0.25, 0.3) is 0 Å². The summed E-state index contributed by atoms with van der Waals surface area (Å²) in [7, 11) is 0. The first-order valence-corrected chi connectivity index (χ1v) is 9.70. The number of primary amides is 1. The lowest BCUT2D eigenvalue weighted by Gasteiger charge is -2.11. The molecule has 2 aromatic rings. The van der Waals surface area contributed by atoms with Gasteiger partial charge in [-0.2, -0.15) is 0 Å². The van der Waals surface area contributed by atoms with Gasteiger partial charge in [0.2, 0.25) is 0 Å². The average Bonchev–Trinajstić information content (AvgIpc) is 2.91. The van der Waals surface area contributed by atoms with Crippen LogP contribution in [0.15, 0.2) is 22.7 Å². The number of nitrogens with one attached hydrogen (secondary N) is 1. The standard InChI is InChI=1S/C18H19BrN2O3S/c1-10-8-11(19)6-7-13(10)24-9-15(22)21-18-16(17(20)23)12-4-2-3-5-14(12)25-18/h6-8H,2-5,9H2,1H3,(H2,20,23)(H,21,22). The second kappa shape index (κ2) is 7.58. The quantitative estimate of drug-likeness (QED) is 0.768. The van der Waals surface area contributed by atoms with Gasteiger partial charge in [-0.05, 0) is 61.9 Å². The summed E-state index contributed by atoms with van der Waals surface area (Å²) in [5.41, 5.74) is 7.94. The molecule has 7 heteroatoms. The molecule has 0 unspecified atom stereocenters. The van der Waals surface area contributed by atoms with Crippen LogP contribution in [0, 0.1) is 6.92 Å². The molecule has 0 saturated carbocycles. The fourth-order valence-electron chi connectivity index (χ4n) is 3.00. The maximum Gasteiger partial charge on any atom is 0.262 e. The maximum absolute atomic E-state index is 12.3. The summed E-state index contributed by atoms with van der Waals surface area (Å²) in [5.74, 6) is -0.137. The average molecular weight is 423 g/mol. The number of aryl methyl sites for hydroxylation is 2. The van der Waals surface area contributed by atoms with Crippen molar-refractivity contribution in [2.45, 2.75) is 32.6 Å². The summed E-state index contributed by atoms with van der Waals surface area (Å²) >= 11 is 4.84. The van der Waals surface area contributed by atoms with Gasteiger partial charge < -0.3 is 15.8 Å². The molecule has 0 saturated heterocycles. The Kier molecular flexibility index (Phi) is 5.44. The third-order valence-electron chi connectivity index (χ3n) is 4.17. The van der Waals surface area contributed by atoms with E-state index in [1.165, 1.54) is 11.3 Å². The number of fused-ring (bicyclic) bond motifs is 1. The highest BCUT2D eigenvalue weighted by Crippen LogP contribution is 2.37. The molecule has 0 atom stereocenters. The Morgan fingerprint density at radius 3 is 2.80 bits per heavy atom. The Balaban J connectivity index is 1.70. The minimum Gasteiger partial charge on any atom is -0.483 e. The van der Waals surface area contributed by atoms with Crippen molar-refractivity contribution >= 4 is 44.1 Å². The number of ether oxygens (including phenoxy) is 1. The fraction of sp³-hybridized carbons (Fsp3) is 0.333. The van der Waals surface area contributed by atoms with Crippen molar-refractivity contribution in [3.8, 4) is 5.75 Å². The molecule has 0 fully saturated rings. The van der Waals surface area contributed by atoms with Gasteiger partial charge in [-0.25, -0.2) is 0 Å². The van der Waals surface area contributed by atoms with Gasteiger partial charge in [0.05, 0.1) is 5.56 Å². The largest absolute Gasteiger partial charge is 0.483 e. The number of carbonyl (C=O) groups excluding carboxylic acids is 2. The third-order valence-corrected chi connectivity index (χ3v) is 5.87. The number of halogens is 1. The Labute approximate surface area is 158 Å². The molecule has 3 N–H and O–H groups in total. The monoisotopic (exact) mass is 422 g/mol. The van der Waals surface area contributed by atoms with Gasteiger partial charge in [0.1, 0.15) is 10.8 Å². The first-order chi connectivity index (χ1) is 12.0. The molecule has 25 heavy (non-hydrogen) atoms. The number of hydrogen-bond donors (Lipinski definition) is 2. The van der Waals surface area contributed by atoms with Crippen molar-refractivity contribution in [2.75, 3.05) is 11.9 Å². The van der Waals surface area contributed by atoms with E-state index in [0.29, 0.717) is 16.3 Å². The molecule has 132 valence electrons. The molecule has 0 aliphatic heterocycles. The molecule has 0 bridgehead atoms. The number of nitrogens with two attached hydrogens (primary N) is 1. The second-order valence-electron chi connectivity index (χ2n) is 6.03. The Morgan fingerprint density at radius 1 is 1.32 bits per heavy atom. The van der Waals surface area contributed by atoms with Crippen LogP contribution in [0.4, 0.5) is 5.00 Å². The van der Waals surface area contributed by atoms with Crippen LogP contribution in [0.2, 0.25) is 0 Å². The molecule has 5 nitrogen and oxygen atoms in total. The number of benzene rings is 1. The van der Waals surface area contributed by atoms with E-state index < -0.39 is 5.91 Å². The Hall–Kier alpha value is -1.86. The van der Waals surface area contributed by atoms with Crippen LogP contribution in [-0.4, -0.2) is 18.4 Å². The number of amides is 2. The number of thiophene rings is 1. The minimum absolute atomic E-state index is 0.122. The van der Waals surface area contributed by atoms with E-state index in [2.05, 4.69) is 21.2 Å². The molecule has 1 heterocycles. The van der Waals surface area contributed by atoms with E-state index in [1.807, 2.05) is 25.1 Å². The molecule has 0 spiro atoms. The first-order valence-electron chi connectivity index (χ1n) is 8.09. The van der Waals surface area contributed by atoms with E-state index in [4.69, 9.17) is 10.5 Å². The summed E-state index contributed by atoms with van der Waals surface area (Å²) in [6, 6.07) is 5.59. The SMILES string of the molecule is Cc1cc(Br)ccc1OCC(=O)Nc1sc2c(c1C(N)=O)CCCC2. The van der Waals surface area contributed by atoms with E-state index in [-0.39, 0.29) is 12.5 Å². The summed E-state index contributed by atoms with van der Waals surface area (Å²) in [5, 5.41) is 3.34. The summed E-state index contributed by atoms with van der Waals surface area (Å²) in [4.78, 5) is 25.2. The zero-order valence-corrected chi connectivity index (χ0v) is 16.3. The lowest BCUT2D eigenvalue weighted by molar-refractivity contribution is -0.118. The van der Waals surface area contributed by atoms with E-state index in [9.17, 15) is 9.59 Å². The molecule has 3 rings (SSSR count). The highest BCUT2D eigenvalue weighted by Gasteiger charge is 2.25. The Morgan fingerprint density at radius 2 is 2.08 bits per heavy atom. The van der Waals surface area contributed by atoms with E-state index in [0.717, 1.165) is 46.2 Å². The van der Waals surface area contributed by atoms with Crippen molar-refractivity contribution < 1.29 is 14.3 Å². The predicted molar refractivity (Wildman–Crippen MR) is 102 cm³/mol. The topological polar surface area (TPSA) is 81.4 Å². The van der Waals surface area contributed by atoms with Gasteiger partial charge >= 0.3 is 0 Å². The highest BCUT2D eigenvalue weighted by molar-refractivity contribution is 9.10. The molecular formula is C18H19BrN2O3S. The number of anilines is 1. The fourth-order valence-corrected chi connectivity index (χ4v) is 4.78. The van der Waals surface area contributed by atoms with Gasteiger partial charge in [-0.3, -0.25) is 9.59 Å². The van der Waals surface area contributed by atoms with Gasteiger partial charge in [0.25, 0.3) is 11.8 Å². The molecule has 1 aromatic heterocycles. The van der Waals surface area contributed by atoms with Crippen molar-refractivity contribution in [2.24, 2.45) is 5.73 Å². The van der Waals surface area contributed by atoms with Crippen LogP contribution < -0.4 is 15.8 Å². The number of rotatable bonds is 5. The lowest BCUT2D eigenvalue weighted by atomic mass is 9.95. The van der Waals surface area contributed by atoms with Crippen molar-refractivity contribution in [3.05, 3.63) is 44.2 Å². The van der Waals surface area contributed by atoms with Crippen LogP contribution in [0.5, 0.6) is 5.75 Å². The van der Waals surface area contributed by atoms with E-state index >= 15 is 0 Å². The van der Waals surface area contributed by atoms with Gasteiger partial charge in [0.15, 0.2) is 6.61 Å². The van der Waals surface area contributed by atoms with Gasteiger partial charge in [-0.1, -0.05) is 15.9 Å². The molecule has 2 amide bonds. The summed E-state index contributed by atoms with van der Waals surface area (Å²) in [6.45, 7) is 1.79. The van der Waals surface area contributed by atoms with Crippen LogP contribution >= 0.6 is 27.3 Å². The zero-order chi connectivity index (χ0) is 18.0. The summed E-state index contributed by atoms with van der Waals surface area (Å²) in [6.07, 6.45) is 3.92. The Bertz CT molecular complexity index is 832. The van der Waals surface area contributed by atoms with Crippen LogP contribution in [0.1, 0.15) is 39.2 Å². The van der Waals surface area contributed by atoms with Crippen LogP contribution in [0.3, 0.4) is 0 Å². The van der Waals surface area contributed by atoms with E-state index in [1.54, 1.807) is 0 Å². The third kappa shape index (κ3) is 4.04. The molecule has 0 radical (unpaired) electrons. The lowest BCUT2D eigenvalue weighted by Crippen LogP contribution is -2.22. The van der Waals surface area contributed by atoms with Crippen molar-refractivity contribution in [1.29, 1.82) is 0 Å². The maximum atomic E-state index is 12.3. The summed E-state index contributed by atoms with van der Waals surface area (Å²) < 4.78 is 6.54. The number of carbonyl (C=O) groups is 2. The normalized spacial score (nSPS) is 13.2. The van der Waals surface area contributed by atoms with Crippen molar-refractivity contribution in [3.63, 3.8) is 0 Å². The number of hydrogen-bond acceptors (Lipinski definition) is 4.